The topological polar surface area (TPSA) is 227 Å². The number of ether oxygens (including phenoxy) is 7. The molecule has 7 aromatic rings. The van der Waals surface area contributed by atoms with Crippen molar-refractivity contribution in [2.24, 2.45) is 0 Å². The van der Waals surface area contributed by atoms with Gasteiger partial charge in [-0.1, -0.05) is 84.6 Å². The van der Waals surface area contributed by atoms with E-state index in [9.17, 15) is 5.11 Å². The van der Waals surface area contributed by atoms with Gasteiger partial charge in [-0.2, -0.15) is 4.98 Å². The van der Waals surface area contributed by atoms with Crippen molar-refractivity contribution in [3.8, 4) is 23.0 Å². The number of rotatable bonds is 21. The zero-order chi connectivity index (χ0) is 105. The number of hydrogen-bond donors (Lipinski definition) is 9. The van der Waals surface area contributed by atoms with Crippen molar-refractivity contribution < 1.29 is 38.3 Å². The number of nitrogens with one attached hydrogen (secondary N) is 8. The van der Waals surface area contributed by atoms with Crippen LogP contribution in [0.15, 0.2) is 126 Å². The summed E-state index contributed by atoms with van der Waals surface area (Å²) in [5, 5.41) is 11.1. The largest absolute Gasteiger partial charge is 0.491 e. The monoisotopic (exact) mass is 3240 g/mol. The van der Waals surface area contributed by atoms with Gasteiger partial charge in [0.05, 0.1) is 19.8 Å². The van der Waals surface area contributed by atoms with E-state index in [0.29, 0.717) is 73.3 Å². The van der Waals surface area contributed by atoms with E-state index >= 15 is 0 Å². The van der Waals surface area contributed by atoms with Crippen LogP contribution in [0.25, 0.3) is 0 Å². The van der Waals surface area contributed by atoms with Gasteiger partial charge in [-0.25, -0.2) is 0 Å². The molecule has 3 aromatic heterocycles. The van der Waals surface area contributed by atoms with Gasteiger partial charge in [-0.3, -0.25) is 0 Å². The fraction of sp³-hybridized carbons (Fsp3) is 0.267. The van der Waals surface area contributed by atoms with Crippen LogP contribution < -0.4 is 18.9 Å². The number of nitrogens with zero attached hydrogens (tertiary/aromatic N) is 1. The van der Waals surface area contributed by atoms with Gasteiger partial charge in [0.15, 0.2) is 38.6 Å². The summed E-state index contributed by atoms with van der Waals surface area (Å²) in [6, 6.07) is 38.1. The maximum atomic E-state index is 10.5. The Bertz CT molecular complexity index is 2970. The number of H-pyrrole nitrogens is 8. The summed E-state index contributed by atoms with van der Waals surface area (Å²) < 4.78 is 43.7. The van der Waals surface area contributed by atoms with Gasteiger partial charge in [-0.05, 0) is 146 Å². The average molecular weight is 3240 g/mol. The van der Waals surface area contributed by atoms with E-state index in [0.717, 1.165) is 18.1 Å². The second kappa shape index (κ2) is 275. The summed E-state index contributed by atoms with van der Waals surface area (Å²) >= 11 is 108. The number of aliphatic hydroxyl groups excluding tert-OH is 1. The first kappa shape index (κ1) is 261. The smallest absolute Gasteiger partial charge is 0.119 e. The Kier molecular flexibility index (Phi) is 573. The predicted molar refractivity (Wildman–Crippen MR) is 603 cm³/mol. The zero-order valence-electron chi connectivity index (χ0n) is 91.4. The molecule has 17 nitrogen and oxygen atoms in total. The third-order valence-corrected chi connectivity index (χ3v) is 11.2. The zero-order valence-corrected chi connectivity index (χ0v) is 267. The van der Waals surface area contributed by atoms with Crippen LogP contribution >= 0.6 is 110 Å². The number of aromatic nitrogens is 9. The SMILES string of the molecule is OC(COc1ccccc1)COC(COc1ccccc1)COC(COc1ccccc1)CSc1nc(=S)[nH]c(=S)[nH]1.S=c1[nH]c(=S)[nH]c(=S)[nH]1.S=c1[nH]c(=S)[nH]c(=S)[nH]1.[K][K].[K][K].[K][K].[K][K].[K][K].[K][K].[K][K].[K][K].[K][K].[K][K].[K][K].[K][K].[K][K].[K][K].[K][K].[K][K].[K][K].[K][K].[K][K].[K][K].[K][K].[K][K].[K][K].[K][K].[K][K].[K][K].[K][K].c1ccc(OCC2CO2)cc1. The van der Waals surface area contributed by atoms with Crippen molar-refractivity contribution in [3.05, 3.63) is 159 Å². The molecule has 4 atom stereocenters. The van der Waals surface area contributed by atoms with Crippen LogP contribution in [0.2, 0.25) is 0 Å². The third kappa shape index (κ3) is 244. The van der Waals surface area contributed by atoms with Gasteiger partial charge in [0.1, 0.15) is 73.8 Å². The molecule has 430 valence electrons. The second-order valence-corrected chi connectivity index (χ2v) is 18.6. The van der Waals surface area contributed by atoms with Crippen molar-refractivity contribution in [2.45, 2.75) is 29.6 Å². The fourth-order valence-corrected chi connectivity index (χ4v) is 8.29. The molecule has 125 heavy (non-hydrogen) atoms. The van der Waals surface area contributed by atoms with Crippen molar-refractivity contribution in [3.63, 3.8) is 0 Å². The summed E-state index contributed by atoms with van der Waals surface area (Å²) in [6.07, 6.45) is -1.31. The maximum absolute atomic E-state index is 10.5. The maximum Gasteiger partial charge on any atom is 0.119 e. The minimum atomic E-state index is -0.839. The summed E-state index contributed by atoms with van der Waals surface area (Å²) in [4.78, 5) is 26.1. The molecule has 4 unspecified atom stereocenters. The minimum Gasteiger partial charge on any atom is -0.491 e. The van der Waals surface area contributed by atoms with Crippen molar-refractivity contribution >= 4 is 1810 Å². The number of aromatic amines is 8. The van der Waals surface area contributed by atoms with Gasteiger partial charge >= 0.3 is 1710 Å². The standard InChI is InChI=1S/C30H33N3O6S3.C9H10O2.2C3H3N3S3.54K/c34-22(16-35-23-10-4-1-5-11-23)17-36-26(18-37-24-12-6-2-7-13-24)19-39-27(20-38-25-14-8-3-9-15-25)21-42-30-32-28(40)31-29(41)33-30;1-2-4-8(5-3-1)10-6-9-7-11-9;2*7-1-4-2(8)6-3(9)5-1;;;;;;;;;;;;;;;;;;;;;;;;;;;;;;;;;;;;;;;;;;;;;;;;;;;;;;/h1-15,22,26-27,34H,16-21H2,(H2,31,32,33,40,41);1-5,9H,6-7H2;2*(H3,4,5,6,7,8,9);;;;;;;;;;;;;;;;;;;;;;;;;;;;;;;;;;;;;;;;;;;;;;;;;;;;;;. The Hall–Kier alpha value is 83.4. The summed E-state index contributed by atoms with van der Waals surface area (Å²) in [5.41, 5.74) is 0. The van der Waals surface area contributed by atoms with E-state index in [-0.39, 0.29) is 39.1 Å². The number of thioether (sulfide) groups is 1. The van der Waals surface area contributed by atoms with Crippen LogP contribution in [0.5, 0.6) is 23.0 Å². The molecule has 1 fully saturated rings. The molecule has 9 N–H and O–H groups in total. The Morgan fingerprint density at radius 1 is 0.288 bits per heavy atom. The number of para-hydroxylation sites is 4. The molecule has 0 bridgehead atoms. The average Bonchev–Trinajstić information content (AvgIpc) is 1.01. The molecular weight excluding hydrogens is 3190 g/mol. The molecule has 4 aromatic carbocycles. The van der Waals surface area contributed by atoms with Crippen LogP contribution in [0.4, 0.5) is 0 Å². The van der Waals surface area contributed by atoms with E-state index in [1.807, 2.05) is 121 Å². The summed E-state index contributed by atoms with van der Waals surface area (Å²) in [7, 11) is 0. The summed E-state index contributed by atoms with van der Waals surface area (Å²) in [6.45, 7) is 2.38. The van der Waals surface area contributed by atoms with E-state index < -0.39 is 12.2 Å². The Balaban J connectivity index is -0.0000000496. The van der Waals surface area contributed by atoms with Crippen molar-refractivity contribution in [1.29, 1.82) is 0 Å². The first-order valence-electron chi connectivity index (χ1n) is 48.3. The first-order valence-corrected chi connectivity index (χ1v) is 485. The molecule has 4 heterocycles. The van der Waals surface area contributed by atoms with Crippen molar-refractivity contribution in [2.75, 3.05) is 52.0 Å². The second-order valence-electron chi connectivity index (χ2n) is 14.4. The van der Waals surface area contributed by atoms with Crippen molar-refractivity contribution in [1.82, 2.24) is 44.9 Å². The molecular formula is C45H49K54N9O8S9. The molecule has 80 heteroatoms. The van der Waals surface area contributed by atoms with Crippen LogP contribution in [-0.2, 0) is 14.2 Å². The first-order chi connectivity index (χ1) is 61.3. The molecule has 0 radical (unpaired) electrons. The Morgan fingerprint density at radius 2 is 0.496 bits per heavy atom. The molecule has 0 aliphatic carbocycles. The predicted octanol–water partition coefficient (Wildman–Crippen LogP) is -9.72. The van der Waals surface area contributed by atoms with Crippen LogP contribution in [0.3, 0.4) is 0 Å². The number of epoxide rings is 1. The van der Waals surface area contributed by atoms with Crippen LogP contribution in [0.1, 0.15) is 0 Å². The quantitative estimate of drug-likeness (QED) is 0.0141. The van der Waals surface area contributed by atoms with E-state index in [1.165, 1.54) is 1720 Å². The van der Waals surface area contributed by atoms with E-state index in [1.54, 1.807) is 0 Å². The van der Waals surface area contributed by atoms with Crippen LogP contribution in [0, 0.1) is 38.2 Å². The molecule has 0 saturated carbocycles. The Labute approximate surface area is 2020 Å². The van der Waals surface area contributed by atoms with Gasteiger partial charge in [0.25, 0.3) is 0 Å². The normalized spacial score (nSPS) is 9.37. The molecule has 0 spiro atoms. The van der Waals surface area contributed by atoms with Gasteiger partial charge in [-0.15, -0.1) is 0 Å². The summed E-state index contributed by atoms with van der Waals surface area (Å²) in [5.74, 6) is 3.54. The van der Waals surface area contributed by atoms with E-state index in [2.05, 4.69) is 44.9 Å². The molecule has 0 amide bonds. The fourth-order valence-electron chi connectivity index (χ4n) is 5.24. The Morgan fingerprint density at radius 3 is 0.728 bits per heavy atom. The molecule has 1 saturated heterocycles. The number of aliphatic hydroxyl groups is 1. The van der Waals surface area contributed by atoms with Gasteiger partial charge in [0, 0.05) is 5.75 Å². The minimum absolute atomic E-state index is 0.0432. The van der Waals surface area contributed by atoms with Gasteiger partial charge in [0.2, 0.25) is 4.77 Å². The van der Waals surface area contributed by atoms with E-state index in [4.69, 9.17) is 131 Å². The number of benzene rings is 4. The van der Waals surface area contributed by atoms with Crippen LogP contribution in [-0.4, -0.2) is 1830 Å². The third-order valence-electron chi connectivity index (χ3n) is 8.58. The molecule has 8 rings (SSSR count). The molecule has 1 aliphatic rings. The molecule has 1 aliphatic heterocycles. The van der Waals surface area contributed by atoms with Gasteiger partial charge < -0.3 is 78.1 Å². The number of hydrogen-bond acceptors (Lipinski definition) is 18.